The predicted octanol–water partition coefficient (Wildman–Crippen LogP) is 5.71. The first-order chi connectivity index (χ1) is 17.0. The van der Waals surface area contributed by atoms with Crippen molar-refractivity contribution in [2.24, 2.45) is 0 Å². The molecule has 0 unspecified atom stereocenters. The van der Waals surface area contributed by atoms with Gasteiger partial charge in [0.1, 0.15) is 0 Å². The summed E-state index contributed by atoms with van der Waals surface area (Å²) >= 11 is 7.30. The molecule has 2 heterocycles. The molecule has 1 amide bonds. The number of nitro benzene ring substituents is 1. The number of H-pyrrole nitrogens is 1. The molecule has 0 bridgehead atoms. The number of nitrogens with one attached hydrogen (secondary N) is 2. The van der Waals surface area contributed by atoms with E-state index in [1.807, 2.05) is 47.2 Å². The first-order valence-electron chi connectivity index (χ1n) is 10.4. The molecule has 9 nitrogen and oxygen atoms in total. The minimum absolute atomic E-state index is 0.0301. The van der Waals surface area contributed by atoms with E-state index in [2.05, 4.69) is 20.5 Å². The van der Waals surface area contributed by atoms with Crippen LogP contribution in [0.5, 0.6) is 0 Å². The van der Waals surface area contributed by atoms with Crippen molar-refractivity contribution in [2.45, 2.75) is 5.16 Å². The monoisotopic (exact) mass is 504 g/mol. The third-order valence-electron chi connectivity index (χ3n) is 5.22. The smallest absolute Gasteiger partial charge is 0.271 e. The number of nitro groups is 1. The number of rotatable bonds is 7. The van der Waals surface area contributed by atoms with Gasteiger partial charge in [-0.05, 0) is 36.4 Å². The second kappa shape index (κ2) is 9.61. The largest absolute Gasteiger partial charge is 0.360 e. The fourth-order valence-corrected chi connectivity index (χ4v) is 4.52. The van der Waals surface area contributed by atoms with Gasteiger partial charge < -0.3 is 10.3 Å². The maximum absolute atomic E-state index is 12.6. The van der Waals surface area contributed by atoms with Crippen LogP contribution in [0.4, 0.5) is 11.4 Å². The van der Waals surface area contributed by atoms with Crippen LogP contribution in [-0.4, -0.2) is 36.3 Å². The first-order valence-corrected chi connectivity index (χ1v) is 11.8. The van der Waals surface area contributed by atoms with Crippen LogP contribution in [0.25, 0.3) is 28.0 Å². The average Bonchev–Trinajstić information content (AvgIpc) is 3.47. The van der Waals surface area contributed by atoms with E-state index in [4.69, 9.17) is 11.6 Å². The Balaban J connectivity index is 1.44. The molecule has 5 rings (SSSR count). The van der Waals surface area contributed by atoms with Crippen LogP contribution in [0.15, 0.2) is 84.1 Å². The van der Waals surface area contributed by atoms with Crippen molar-refractivity contribution in [1.29, 1.82) is 0 Å². The van der Waals surface area contributed by atoms with E-state index in [0.717, 1.165) is 22.2 Å². The van der Waals surface area contributed by atoms with E-state index in [1.54, 1.807) is 18.2 Å². The van der Waals surface area contributed by atoms with Crippen molar-refractivity contribution in [2.75, 3.05) is 11.1 Å². The van der Waals surface area contributed by atoms with Gasteiger partial charge in [0.25, 0.3) is 5.69 Å². The Morgan fingerprint density at radius 1 is 1.09 bits per heavy atom. The number of carbonyl (C=O) groups is 1. The van der Waals surface area contributed by atoms with Crippen molar-refractivity contribution in [3.8, 4) is 17.1 Å². The number of fused-ring (bicyclic) bond motifs is 1. The number of hydrogen-bond acceptors (Lipinski definition) is 6. The molecule has 174 valence electrons. The van der Waals surface area contributed by atoms with Crippen molar-refractivity contribution < 1.29 is 9.72 Å². The number of amides is 1. The Morgan fingerprint density at radius 2 is 1.89 bits per heavy atom. The standard InChI is InChI=1S/C24H17ClN6O3S/c25-15-8-10-17(11-9-15)30-23(20-13-26-21-7-2-1-6-19(20)21)28-29-24(30)35-14-22(32)27-16-4-3-5-18(12-16)31(33)34/h1-13,26H,14H2,(H,27,32). The number of halogens is 1. The normalized spacial score (nSPS) is 11.0. The molecule has 0 radical (unpaired) electrons. The second-order valence-electron chi connectivity index (χ2n) is 7.51. The quantitative estimate of drug-likeness (QED) is 0.166. The highest BCUT2D eigenvalue weighted by Gasteiger charge is 2.20. The molecule has 0 aliphatic carbocycles. The van der Waals surface area contributed by atoms with Gasteiger partial charge in [0.05, 0.1) is 10.7 Å². The first kappa shape index (κ1) is 22.6. The summed E-state index contributed by atoms with van der Waals surface area (Å²) in [6.45, 7) is 0. The number of para-hydroxylation sites is 1. The van der Waals surface area contributed by atoms with Crippen molar-refractivity contribution >= 4 is 51.5 Å². The number of thioether (sulfide) groups is 1. The zero-order valence-electron chi connectivity index (χ0n) is 18.0. The number of hydrogen-bond donors (Lipinski definition) is 2. The number of aromatic amines is 1. The Hall–Kier alpha value is -4.15. The Morgan fingerprint density at radius 3 is 2.69 bits per heavy atom. The van der Waals surface area contributed by atoms with Gasteiger partial charge in [-0.2, -0.15) is 0 Å². The summed E-state index contributed by atoms with van der Waals surface area (Å²) in [5.41, 5.74) is 2.89. The molecule has 0 atom stereocenters. The van der Waals surface area contributed by atoms with E-state index in [9.17, 15) is 14.9 Å². The minimum atomic E-state index is -0.509. The van der Waals surface area contributed by atoms with Gasteiger partial charge in [0.2, 0.25) is 5.91 Å². The van der Waals surface area contributed by atoms with Gasteiger partial charge >= 0.3 is 0 Å². The van der Waals surface area contributed by atoms with E-state index < -0.39 is 4.92 Å². The highest BCUT2D eigenvalue weighted by atomic mass is 35.5. The molecule has 3 aromatic carbocycles. The van der Waals surface area contributed by atoms with E-state index in [1.165, 1.54) is 30.0 Å². The summed E-state index contributed by atoms with van der Waals surface area (Å²) in [7, 11) is 0. The highest BCUT2D eigenvalue weighted by Crippen LogP contribution is 2.32. The van der Waals surface area contributed by atoms with E-state index >= 15 is 0 Å². The zero-order valence-corrected chi connectivity index (χ0v) is 19.6. The van der Waals surface area contributed by atoms with Crippen molar-refractivity contribution in [3.05, 3.63) is 94.1 Å². The van der Waals surface area contributed by atoms with Gasteiger partial charge in [-0.3, -0.25) is 19.5 Å². The number of nitrogens with zero attached hydrogens (tertiary/aromatic N) is 4. The lowest BCUT2D eigenvalue weighted by Gasteiger charge is -2.10. The molecular formula is C24H17ClN6O3S. The van der Waals surface area contributed by atoms with Crippen LogP contribution in [0.3, 0.4) is 0 Å². The van der Waals surface area contributed by atoms with Gasteiger partial charge in [0.15, 0.2) is 11.0 Å². The van der Waals surface area contributed by atoms with Gasteiger partial charge in [0, 0.05) is 51.2 Å². The number of carbonyl (C=O) groups excluding carboxylic acids is 1. The molecule has 0 saturated heterocycles. The lowest BCUT2D eigenvalue weighted by molar-refractivity contribution is -0.384. The van der Waals surface area contributed by atoms with Gasteiger partial charge in [-0.25, -0.2) is 0 Å². The Labute approximate surface area is 208 Å². The van der Waals surface area contributed by atoms with Crippen LogP contribution < -0.4 is 5.32 Å². The average molecular weight is 505 g/mol. The molecule has 2 aromatic heterocycles. The maximum Gasteiger partial charge on any atom is 0.271 e. The van der Waals surface area contributed by atoms with Crippen molar-refractivity contribution in [3.63, 3.8) is 0 Å². The summed E-state index contributed by atoms with van der Waals surface area (Å²) in [6.07, 6.45) is 1.88. The number of aromatic nitrogens is 4. The predicted molar refractivity (Wildman–Crippen MR) is 136 cm³/mol. The fourth-order valence-electron chi connectivity index (χ4n) is 3.64. The minimum Gasteiger partial charge on any atom is -0.360 e. The molecule has 2 N–H and O–H groups in total. The molecular weight excluding hydrogens is 488 g/mol. The molecule has 0 saturated carbocycles. The number of anilines is 1. The van der Waals surface area contributed by atoms with Crippen LogP contribution in [0.1, 0.15) is 0 Å². The third-order valence-corrected chi connectivity index (χ3v) is 6.40. The lowest BCUT2D eigenvalue weighted by atomic mass is 10.1. The molecule has 11 heteroatoms. The summed E-state index contributed by atoms with van der Waals surface area (Å²) in [6, 6.07) is 21.0. The highest BCUT2D eigenvalue weighted by molar-refractivity contribution is 7.99. The number of non-ortho nitro benzene ring substituents is 1. The molecule has 35 heavy (non-hydrogen) atoms. The zero-order chi connectivity index (χ0) is 24.4. The topological polar surface area (TPSA) is 119 Å². The van der Waals surface area contributed by atoms with Crippen molar-refractivity contribution in [1.82, 2.24) is 19.7 Å². The fraction of sp³-hybridized carbons (Fsp3) is 0.0417. The van der Waals surface area contributed by atoms with E-state index in [-0.39, 0.29) is 17.3 Å². The second-order valence-corrected chi connectivity index (χ2v) is 8.89. The van der Waals surface area contributed by atoms with E-state index in [0.29, 0.717) is 21.7 Å². The SMILES string of the molecule is O=C(CSc1nnc(-c2c[nH]c3ccccc23)n1-c1ccc(Cl)cc1)Nc1cccc([N+](=O)[O-])c1. The third kappa shape index (κ3) is 4.75. The maximum atomic E-state index is 12.6. The van der Waals surface area contributed by atoms with Gasteiger partial charge in [-0.1, -0.05) is 47.6 Å². The van der Waals surface area contributed by atoms with Crippen LogP contribution in [0.2, 0.25) is 5.02 Å². The summed E-state index contributed by atoms with van der Waals surface area (Å²) in [5.74, 6) is 0.323. The van der Waals surface area contributed by atoms with Gasteiger partial charge in [-0.15, -0.1) is 10.2 Å². The summed E-state index contributed by atoms with van der Waals surface area (Å²) < 4.78 is 1.87. The molecule has 5 aromatic rings. The lowest BCUT2D eigenvalue weighted by Crippen LogP contribution is -2.14. The molecule has 0 aliphatic rings. The summed E-state index contributed by atoms with van der Waals surface area (Å²) in [5, 5.41) is 24.6. The van der Waals surface area contributed by atoms with Crippen LogP contribution >= 0.6 is 23.4 Å². The van der Waals surface area contributed by atoms with Crippen LogP contribution in [0, 0.1) is 10.1 Å². The Kier molecular flexibility index (Phi) is 6.21. The molecule has 0 aliphatic heterocycles. The Bertz CT molecular complexity index is 1550. The molecule has 0 fully saturated rings. The number of benzene rings is 3. The summed E-state index contributed by atoms with van der Waals surface area (Å²) in [4.78, 5) is 26.3. The molecule has 0 spiro atoms. The van der Waals surface area contributed by atoms with Crippen LogP contribution in [-0.2, 0) is 4.79 Å².